The highest BCUT2D eigenvalue weighted by molar-refractivity contribution is 5.20. The lowest BCUT2D eigenvalue weighted by Crippen LogP contribution is -2.66. The van der Waals surface area contributed by atoms with Gasteiger partial charge in [-0.3, -0.25) is 5.26 Å². The van der Waals surface area contributed by atoms with Crippen molar-refractivity contribution in [2.75, 3.05) is 0 Å². The van der Waals surface area contributed by atoms with E-state index in [1.54, 1.807) is 0 Å². The van der Waals surface area contributed by atoms with Gasteiger partial charge in [-0.15, -0.1) is 0 Å². The topological polar surface area (TPSA) is 90.2 Å². The molecule has 0 bridgehead atoms. The highest BCUT2D eigenvalue weighted by Gasteiger charge is 2.71. The van der Waals surface area contributed by atoms with Crippen LogP contribution >= 0.6 is 0 Å². The number of hydrogen-bond acceptors (Lipinski definition) is 5. The van der Waals surface area contributed by atoms with E-state index in [4.69, 9.17) is 0 Å². The average Bonchev–Trinajstić information content (AvgIpc) is 3.14. The lowest BCUT2D eigenvalue weighted by Gasteiger charge is -2.70. The Kier molecular flexibility index (Phi) is 6.93. The van der Waals surface area contributed by atoms with Crippen LogP contribution in [0.2, 0.25) is 0 Å². The maximum absolute atomic E-state index is 11.8. The van der Waals surface area contributed by atoms with Gasteiger partial charge in [-0.2, -0.15) is 0 Å². The van der Waals surface area contributed by atoms with Crippen molar-refractivity contribution < 1.29 is 25.5 Å². The average molecular weight is 493 g/mol. The summed E-state index contributed by atoms with van der Waals surface area (Å²) in [5, 5.41) is 43.6. The quantitative estimate of drug-likeness (QED) is 0.208. The van der Waals surface area contributed by atoms with Gasteiger partial charge >= 0.3 is 0 Å². The van der Waals surface area contributed by atoms with Crippen molar-refractivity contribution in [2.45, 2.75) is 130 Å². The van der Waals surface area contributed by atoms with E-state index >= 15 is 0 Å². The highest BCUT2D eigenvalue weighted by atomic mass is 17.1. The van der Waals surface area contributed by atoms with Gasteiger partial charge in [0.25, 0.3) is 0 Å². The Hall–Kier alpha value is -0.460. The van der Waals surface area contributed by atoms with Crippen molar-refractivity contribution in [2.24, 2.45) is 45.3 Å². The lowest BCUT2D eigenvalue weighted by atomic mass is 9.35. The molecule has 35 heavy (non-hydrogen) atoms. The summed E-state index contributed by atoms with van der Waals surface area (Å²) < 4.78 is 0. The molecular weight excluding hydrogens is 440 g/mol. The smallest absolute Gasteiger partial charge is 0.113 e. The molecule has 0 saturated heterocycles. The third kappa shape index (κ3) is 3.90. The first-order chi connectivity index (χ1) is 16.1. The molecule has 4 rings (SSSR count). The fraction of sp³-hybridized carbons (Fsp3) is 0.933. The fourth-order valence-corrected chi connectivity index (χ4v) is 10.4. The van der Waals surface area contributed by atoms with Gasteiger partial charge in [-0.05, 0) is 123 Å². The summed E-state index contributed by atoms with van der Waals surface area (Å²) in [4.78, 5) is 4.61. The number of hydrogen-bond donors (Lipinski definition) is 4. The Bertz CT molecular complexity index is 822. The minimum absolute atomic E-state index is 0.0138. The Balaban J connectivity index is 1.63. The molecule has 5 nitrogen and oxygen atoms in total. The number of rotatable bonds is 6. The Morgan fingerprint density at radius 3 is 2.23 bits per heavy atom. The molecule has 4 saturated carbocycles. The van der Waals surface area contributed by atoms with E-state index in [9.17, 15) is 20.6 Å². The molecule has 5 heteroatoms. The van der Waals surface area contributed by atoms with Crippen LogP contribution in [0.4, 0.5) is 0 Å². The molecule has 0 unspecified atom stereocenters. The minimum atomic E-state index is -0.948. The lowest BCUT2D eigenvalue weighted by molar-refractivity contribution is -0.272. The second-order valence-electron chi connectivity index (χ2n) is 14.7. The van der Waals surface area contributed by atoms with Crippen LogP contribution in [0.3, 0.4) is 0 Å². The summed E-state index contributed by atoms with van der Waals surface area (Å²) in [5.41, 5.74) is -0.139. The van der Waals surface area contributed by atoms with Crippen molar-refractivity contribution in [3.05, 3.63) is 12.2 Å². The van der Waals surface area contributed by atoms with Gasteiger partial charge in [0.1, 0.15) is 6.10 Å². The zero-order chi connectivity index (χ0) is 26.2. The molecule has 0 radical (unpaired) electrons. The first-order valence-electron chi connectivity index (χ1n) is 14.1. The summed E-state index contributed by atoms with van der Waals surface area (Å²) in [5.74, 6) is 0.942. The molecule has 0 aromatic heterocycles. The van der Waals surface area contributed by atoms with Gasteiger partial charge in [0.2, 0.25) is 0 Å². The van der Waals surface area contributed by atoms with Crippen molar-refractivity contribution in [3.8, 4) is 0 Å². The Morgan fingerprint density at radius 2 is 1.63 bits per heavy atom. The van der Waals surface area contributed by atoms with Gasteiger partial charge in [0.15, 0.2) is 0 Å². The summed E-state index contributed by atoms with van der Waals surface area (Å²) >= 11 is 0. The summed E-state index contributed by atoms with van der Waals surface area (Å²) in [6, 6.07) is 0. The maximum atomic E-state index is 11.8. The summed E-state index contributed by atoms with van der Waals surface area (Å²) in [6.07, 6.45) is 6.69. The molecular formula is C30H52O5. The molecule has 0 amide bonds. The standard InChI is InChI=1S/C30H52O5/c1-18(2)21(35-34)10-16-30(8,33)19-9-14-29(7)25(19)20(31)17-23-27(5)13-12-24(32)26(3,4)22(27)11-15-28(23,29)6/h19-25,31-34H,1,9-17H2,2-8H3/t19-,20+,21+,22-,23+,24+,25-,27-,28+,29+,30-/m0/s1. The molecule has 4 N–H and O–H groups in total. The third-order valence-corrected chi connectivity index (χ3v) is 12.8. The van der Waals surface area contributed by atoms with Gasteiger partial charge < -0.3 is 15.3 Å². The van der Waals surface area contributed by atoms with Crippen LogP contribution in [0.25, 0.3) is 0 Å². The summed E-state index contributed by atoms with van der Waals surface area (Å²) in [7, 11) is 0. The predicted octanol–water partition coefficient (Wildman–Crippen LogP) is 5.97. The van der Waals surface area contributed by atoms with Gasteiger partial charge in [0.05, 0.1) is 17.8 Å². The Labute approximate surface area is 213 Å². The van der Waals surface area contributed by atoms with Gasteiger partial charge in [0, 0.05) is 0 Å². The number of fused-ring (bicyclic) bond motifs is 5. The molecule has 0 aromatic rings. The second-order valence-corrected chi connectivity index (χ2v) is 14.7. The molecule has 202 valence electrons. The zero-order valence-electron chi connectivity index (χ0n) is 23.3. The van der Waals surface area contributed by atoms with Crippen LogP contribution in [0.1, 0.15) is 106 Å². The van der Waals surface area contributed by atoms with Crippen LogP contribution in [-0.4, -0.2) is 44.5 Å². The number of aliphatic hydroxyl groups is 3. The molecule has 0 aromatic carbocycles. The normalized spacial score (nSPS) is 49.3. The molecule has 11 atom stereocenters. The van der Waals surface area contributed by atoms with E-state index in [1.807, 2.05) is 13.8 Å². The summed E-state index contributed by atoms with van der Waals surface area (Å²) in [6.45, 7) is 19.5. The predicted molar refractivity (Wildman–Crippen MR) is 139 cm³/mol. The third-order valence-electron chi connectivity index (χ3n) is 12.8. The van der Waals surface area contributed by atoms with Crippen molar-refractivity contribution in [1.29, 1.82) is 0 Å². The first kappa shape index (κ1) is 27.6. The maximum Gasteiger partial charge on any atom is 0.113 e. The van der Waals surface area contributed by atoms with E-state index in [-0.39, 0.29) is 39.6 Å². The van der Waals surface area contributed by atoms with E-state index in [2.05, 4.69) is 46.1 Å². The zero-order valence-corrected chi connectivity index (χ0v) is 23.3. The second kappa shape index (κ2) is 8.80. The molecule has 4 aliphatic rings. The fourth-order valence-electron chi connectivity index (χ4n) is 10.4. The first-order valence-corrected chi connectivity index (χ1v) is 14.1. The SMILES string of the molecule is C=C(C)[C@@H](CC[C@](C)(O)[C@H]1CC[C@]2(C)[C@@H]1[C@H](O)C[C@@H]1[C@@]3(C)CC[C@@H](O)C(C)(C)[C@@H]3CC[C@]12C)OO. The van der Waals surface area contributed by atoms with Crippen molar-refractivity contribution >= 4 is 0 Å². The van der Waals surface area contributed by atoms with Crippen LogP contribution < -0.4 is 0 Å². The van der Waals surface area contributed by atoms with Gasteiger partial charge in [-0.1, -0.05) is 41.2 Å². The minimum Gasteiger partial charge on any atom is -0.393 e. The van der Waals surface area contributed by atoms with Crippen molar-refractivity contribution in [1.82, 2.24) is 0 Å². The highest BCUT2D eigenvalue weighted by Crippen LogP contribution is 2.75. The van der Waals surface area contributed by atoms with Crippen LogP contribution in [0, 0.1) is 45.3 Å². The van der Waals surface area contributed by atoms with E-state index in [0.717, 1.165) is 50.5 Å². The van der Waals surface area contributed by atoms with Gasteiger partial charge in [-0.25, -0.2) is 4.89 Å². The van der Waals surface area contributed by atoms with Crippen LogP contribution in [0.15, 0.2) is 12.2 Å². The molecule has 0 heterocycles. The van der Waals surface area contributed by atoms with Crippen LogP contribution in [0.5, 0.6) is 0 Å². The number of aliphatic hydroxyl groups excluding tert-OH is 2. The molecule has 0 spiro atoms. The Morgan fingerprint density at radius 1 is 1.00 bits per heavy atom. The van der Waals surface area contributed by atoms with Crippen molar-refractivity contribution in [3.63, 3.8) is 0 Å². The van der Waals surface area contributed by atoms with Crippen LogP contribution in [-0.2, 0) is 4.89 Å². The van der Waals surface area contributed by atoms with E-state index < -0.39 is 17.8 Å². The molecule has 4 aliphatic carbocycles. The molecule has 4 fully saturated rings. The molecule has 0 aliphatic heterocycles. The van der Waals surface area contributed by atoms with E-state index in [1.165, 1.54) is 0 Å². The largest absolute Gasteiger partial charge is 0.393 e. The van der Waals surface area contributed by atoms with E-state index in [0.29, 0.717) is 24.7 Å². The monoisotopic (exact) mass is 492 g/mol.